The van der Waals surface area contributed by atoms with E-state index in [0.717, 1.165) is 10.7 Å². The fourth-order valence-electron chi connectivity index (χ4n) is 2.40. The molecule has 0 aliphatic carbocycles. The first-order valence-electron chi connectivity index (χ1n) is 8.40. The summed E-state index contributed by atoms with van der Waals surface area (Å²) in [5.74, 6) is 0.528. The molecule has 0 saturated carbocycles. The Hall–Kier alpha value is -3.39. The maximum atomic E-state index is 12.0. The van der Waals surface area contributed by atoms with Crippen molar-refractivity contribution in [1.82, 2.24) is 10.4 Å². The van der Waals surface area contributed by atoms with Crippen LogP contribution in [0.25, 0.3) is 0 Å². The molecule has 7 nitrogen and oxygen atoms in total. The van der Waals surface area contributed by atoms with Gasteiger partial charge in [0.1, 0.15) is 12.4 Å². The molecule has 2 aromatic carbocycles. The Morgan fingerprint density at radius 1 is 1.29 bits per heavy atom. The van der Waals surface area contributed by atoms with Crippen molar-refractivity contribution in [3.05, 3.63) is 69.7 Å². The largest absolute Gasteiger partial charge is 0.507 e. The van der Waals surface area contributed by atoms with Gasteiger partial charge in [-0.05, 0) is 42.8 Å². The van der Waals surface area contributed by atoms with Gasteiger partial charge in [-0.2, -0.15) is 5.10 Å². The van der Waals surface area contributed by atoms with Gasteiger partial charge in [0, 0.05) is 5.38 Å². The number of thiazole rings is 1. The number of phenols is 1. The molecular weight excluding hydrogens is 378 g/mol. The smallest absolute Gasteiger partial charge is 0.275 e. The second-order valence-corrected chi connectivity index (χ2v) is 6.84. The van der Waals surface area contributed by atoms with Gasteiger partial charge < -0.3 is 14.6 Å². The van der Waals surface area contributed by atoms with Crippen LogP contribution in [0.1, 0.15) is 26.6 Å². The number of aromatic hydroxyl groups is 1. The van der Waals surface area contributed by atoms with Crippen LogP contribution in [0.3, 0.4) is 0 Å². The molecule has 1 amide bonds. The van der Waals surface area contributed by atoms with Crippen LogP contribution >= 0.6 is 11.3 Å². The number of methoxy groups -OCH3 is 1. The van der Waals surface area contributed by atoms with Crippen LogP contribution in [0.2, 0.25) is 0 Å². The summed E-state index contributed by atoms with van der Waals surface area (Å²) in [6.45, 7) is 2.30. The average molecular weight is 397 g/mol. The molecule has 0 atom stereocenters. The molecule has 0 saturated heterocycles. The molecule has 0 aliphatic heterocycles. The van der Waals surface area contributed by atoms with Crippen LogP contribution in [0.15, 0.2) is 52.9 Å². The summed E-state index contributed by atoms with van der Waals surface area (Å²) in [6.07, 6.45) is 1.48. The highest BCUT2D eigenvalue weighted by Gasteiger charge is 2.09. The van der Waals surface area contributed by atoms with Gasteiger partial charge in [0.2, 0.25) is 0 Å². The maximum Gasteiger partial charge on any atom is 0.275 e. The van der Waals surface area contributed by atoms with Gasteiger partial charge in [0.25, 0.3) is 5.91 Å². The van der Waals surface area contributed by atoms with Gasteiger partial charge in [-0.15, -0.1) is 11.3 Å². The molecule has 28 heavy (non-hydrogen) atoms. The number of nitrogens with zero attached hydrogens (tertiary/aromatic N) is 2. The number of aryl methyl sites for hydroxylation is 1. The monoisotopic (exact) mass is 397 g/mol. The molecule has 3 rings (SSSR count). The summed E-state index contributed by atoms with van der Waals surface area (Å²) < 4.78 is 11.1. The molecule has 1 aromatic heterocycles. The molecule has 0 radical (unpaired) electrons. The van der Waals surface area contributed by atoms with E-state index in [-0.39, 0.29) is 11.3 Å². The number of nitrogens with one attached hydrogen (secondary N) is 1. The predicted octanol–water partition coefficient (Wildman–Crippen LogP) is 3.51. The summed E-state index contributed by atoms with van der Waals surface area (Å²) in [6, 6.07) is 11.6. The molecule has 144 valence electrons. The molecule has 0 spiro atoms. The number of carbonyl (C=O) groups is 1. The topological polar surface area (TPSA) is 93.0 Å². The average Bonchev–Trinajstić information content (AvgIpc) is 3.12. The minimum atomic E-state index is -0.500. The summed E-state index contributed by atoms with van der Waals surface area (Å²) in [5.41, 5.74) is 4.11. The van der Waals surface area contributed by atoms with Gasteiger partial charge in [-0.1, -0.05) is 12.1 Å². The van der Waals surface area contributed by atoms with E-state index >= 15 is 0 Å². The van der Waals surface area contributed by atoms with Gasteiger partial charge >= 0.3 is 0 Å². The standard InChI is InChI=1S/C20H19N3O4S/c1-13-22-15(12-28-13)11-27-18-8-7-14(9-19(18)26-2)10-21-23-20(25)16-5-3-4-6-17(16)24/h3-10,12,24H,11H2,1-2H3,(H,23,25)/b21-10-. The van der Waals surface area contributed by atoms with Crippen LogP contribution in [-0.4, -0.2) is 29.3 Å². The maximum absolute atomic E-state index is 12.0. The fourth-order valence-corrected chi connectivity index (χ4v) is 3.00. The summed E-state index contributed by atoms with van der Waals surface area (Å²) >= 11 is 1.57. The second kappa shape index (κ2) is 9.01. The van der Waals surface area contributed by atoms with Gasteiger partial charge in [-0.3, -0.25) is 4.79 Å². The van der Waals surface area contributed by atoms with E-state index in [2.05, 4.69) is 15.5 Å². The first-order valence-corrected chi connectivity index (χ1v) is 9.28. The van der Waals surface area contributed by atoms with E-state index < -0.39 is 5.91 Å². The number of hydrogen-bond donors (Lipinski definition) is 2. The zero-order valence-electron chi connectivity index (χ0n) is 15.4. The first kappa shape index (κ1) is 19.4. The van der Waals surface area contributed by atoms with Crippen LogP contribution in [-0.2, 0) is 6.61 Å². The van der Waals surface area contributed by atoms with E-state index in [0.29, 0.717) is 23.7 Å². The Morgan fingerprint density at radius 3 is 2.82 bits per heavy atom. The SMILES string of the molecule is COc1cc(/C=N\NC(=O)c2ccccc2O)ccc1OCc1csc(C)n1. The van der Waals surface area contributed by atoms with Gasteiger partial charge in [0.05, 0.1) is 29.6 Å². The lowest BCUT2D eigenvalue weighted by Crippen LogP contribution is -2.17. The van der Waals surface area contributed by atoms with Crippen molar-refractivity contribution in [3.63, 3.8) is 0 Å². The number of amides is 1. The molecule has 3 aromatic rings. The number of hydrazone groups is 1. The zero-order valence-corrected chi connectivity index (χ0v) is 16.2. The lowest BCUT2D eigenvalue weighted by molar-refractivity contribution is 0.0952. The minimum Gasteiger partial charge on any atom is -0.507 e. The lowest BCUT2D eigenvalue weighted by atomic mass is 10.2. The number of rotatable bonds is 7. The summed E-state index contributed by atoms with van der Waals surface area (Å²) in [7, 11) is 1.55. The molecule has 8 heteroatoms. The second-order valence-electron chi connectivity index (χ2n) is 5.77. The van der Waals surface area contributed by atoms with Crippen molar-refractivity contribution in [2.75, 3.05) is 7.11 Å². The highest BCUT2D eigenvalue weighted by molar-refractivity contribution is 7.09. The Balaban J connectivity index is 1.63. The van der Waals surface area contributed by atoms with Crippen molar-refractivity contribution in [2.24, 2.45) is 5.10 Å². The summed E-state index contributed by atoms with van der Waals surface area (Å²) in [4.78, 5) is 16.4. The molecule has 0 unspecified atom stereocenters. The Bertz CT molecular complexity index is 1000. The van der Waals surface area contributed by atoms with Crippen molar-refractivity contribution in [3.8, 4) is 17.2 Å². The number of aromatic nitrogens is 1. The zero-order chi connectivity index (χ0) is 19.9. The van der Waals surface area contributed by atoms with Crippen molar-refractivity contribution in [2.45, 2.75) is 13.5 Å². The van der Waals surface area contributed by atoms with Crippen LogP contribution in [0.4, 0.5) is 0 Å². The normalized spacial score (nSPS) is 10.8. The van der Waals surface area contributed by atoms with Crippen LogP contribution in [0.5, 0.6) is 17.2 Å². The van der Waals surface area contributed by atoms with Crippen LogP contribution < -0.4 is 14.9 Å². The number of para-hydroxylation sites is 1. The predicted molar refractivity (Wildman–Crippen MR) is 107 cm³/mol. The van der Waals surface area contributed by atoms with E-state index in [9.17, 15) is 9.90 Å². The lowest BCUT2D eigenvalue weighted by Gasteiger charge is -2.10. The molecule has 1 heterocycles. The summed E-state index contributed by atoms with van der Waals surface area (Å²) in [5, 5.41) is 16.5. The van der Waals surface area contributed by atoms with Crippen molar-refractivity contribution < 1.29 is 19.4 Å². The van der Waals surface area contributed by atoms with E-state index in [1.807, 2.05) is 12.3 Å². The van der Waals surface area contributed by atoms with Crippen LogP contribution in [0, 0.1) is 6.92 Å². The Morgan fingerprint density at radius 2 is 2.11 bits per heavy atom. The number of phenolic OH excluding ortho intramolecular Hbond substituents is 1. The van der Waals surface area contributed by atoms with E-state index in [4.69, 9.17) is 9.47 Å². The third-order valence-corrected chi connectivity index (χ3v) is 4.58. The highest BCUT2D eigenvalue weighted by atomic mass is 32.1. The van der Waals surface area contributed by atoms with Crippen molar-refractivity contribution in [1.29, 1.82) is 0 Å². The number of ether oxygens (including phenoxy) is 2. The quantitative estimate of drug-likeness (QED) is 0.470. The third kappa shape index (κ3) is 4.86. The van der Waals surface area contributed by atoms with Gasteiger partial charge in [0.15, 0.2) is 11.5 Å². The minimum absolute atomic E-state index is 0.103. The van der Waals surface area contributed by atoms with E-state index in [1.165, 1.54) is 18.3 Å². The highest BCUT2D eigenvalue weighted by Crippen LogP contribution is 2.28. The molecule has 0 fully saturated rings. The molecule has 0 aliphatic rings. The molecule has 2 N–H and O–H groups in total. The first-order chi connectivity index (χ1) is 13.6. The van der Waals surface area contributed by atoms with Crippen molar-refractivity contribution >= 4 is 23.5 Å². The number of hydrogen-bond acceptors (Lipinski definition) is 7. The number of carbonyl (C=O) groups excluding carboxylic acids is 1. The Kier molecular flexibility index (Phi) is 6.23. The fraction of sp³-hybridized carbons (Fsp3) is 0.150. The Labute approximate surface area is 166 Å². The molecular formula is C20H19N3O4S. The molecule has 0 bridgehead atoms. The van der Waals surface area contributed by atoms with E-state index in [1.54, 1.807) is 48.8 Å². The number of benzene rings is 2. The third-order valence-electron chi connectivity index (χ3n) is 3.76. The van der Waals surface area contributed by atoms with Gasteiger partial charge in [-0.25, -0.2) is 10.4 Å².